The standard InChI is InChI=1S/C16H24O3/c1-4-14(17)13-7-5-6-8-15(13)18-11-12-9-10-16(2,3)19-12/h5-8,12,14,17H,4,9-11H2,1-3H3/t12?,14-/m1/s1. The molecular weight excluding hydrogens is 240 g/mol. The maximum absolute atomic E-state index is 9.97. The van der Waals surface area contributed by atoms with Crippen molar-refractivity contribution < 1.29 is 14.6 Å². The summed E-state index contributed by atoms with van der Waals surface area (Å²) in [6.07, 6.45) is 2.48. The molecule has 0 aliphatic carbocycles. The lowest BCUT2D eigenvalue weighted by atomic mass is 10.1. The zero-order valence-electron chi connectivity index (χ0n) is 12.1. The fourth-order valence-electron chi connectivity index (χ4n) is 2.48. The van der Waals surface area contributed by atoms with Crippen molar-refractivity contribution in [3.05, 3.63) is 29.8 Å². The molecule has 1 fully saturated rings. The minimum Gasteiger partial charge on any atom is -0.490 e. The van der Waals surface area contributed by atoms with Crippen molar-refractivity contribution in [2.75, 3.05) is 6.61 Å². The van der Waals surface area contributed by atoms with E-state index in [4.69, 9.17) is 9.47 Å². The number of hydrogen-bond donors (Lipinski definition) is 1. The van der Waals surface area contributed by atoms with Gasteiger partial charge in [0.1, 0.15) is 12.4 Å². The maximum atomic E-state index is 9.97. The summed E-state index contributed by atoms with van der Waals surface area (Å²) < 4.78 is 11.8. The predicted octanol–water partition coefficient (Wildman–Crippen LogP) is 3.47. The normalized spacial score (nSPS) is 23.3. The molecule has 0 spiro atoms. The summed E-state index contributed by atoms with van der Waals surface area (Å²) in [5.74, 6) is 0.769. The van der Waals surface area contributed by atoms with Gasteiger partial charge in [0.05, 0.1) is 17.8 Å². The van der Waals surface area contributed by atoms with Gasteiger partial charge < -0.3 is 14.6 Å². The highest BCUT2D eigenvalue weighted by Crippen LogP contribution is 2.31. The lowest BCUT2D eigenvalue weighted by molar-refractivity contribution is -0.0330. The van der Waals surface area contributed by atoms with Crippen LogP contribution in [0.1, 0.15) is 51.7 Å². The van der Waals surface area contributed by atoms with Crippen molar-refractivity contribution in [3.8, 4) is 5.75 Å². The molecule has 2 atom stereocenters. The minimum absolute atomic E-state index is 0.0313. The van der Waals surface area contributed by atoms with Crippen molar-refractivity contribution in [1.82, 2.24) is 0 Å². The van der Waals surface area contributed by atoms with Crippen molar-refractivity contribution >= 4 is 0 Å². The monoisotopic (exact) mass is 264 g/mol. The third-order valence-electron chi connectivity index (χ3n) is 3.64. The van der Waals surface area contributed by atoms with Crippen LogP contribution in [0, 0.1) is 0 Å². The molecule has 0 radical (unpaired) electrons. The van der Waals surface area contributed by atoms with Crippen LogP contribution in [-0.4, -0.2) is 23.4 Å². The molecule has 1 aromatic rings. The van der Waals surface area contributed by atoms with E-state index in [0.717, 1.165) is 24.2 Å². The van der Waals surface area contributed by atoms with Crippen molar-refractivity contribution in [2.45, 2.75) is 57.8 Å². The van der Waals surface area contributed by atoms with E-state index in [2.05, 4.69) is 13.8 Å². The van der Waals surface area contributed by atoms with Crippen LogP contribution in [0.3, 0.4) is 0 Å². The van der Waals surface area contributed by atoms with Crippen molar-refractivity contribution in [2.24, 2.45) is 0 Å². The van der Waals surface area contributed by atoms with Gasteiger partial charge in [-0.15, -0.1) is 0 Å². The van der Waals surface area contributed by atoms with Crippen molar-refractivity contribution in [1.29, 1.82) is 0 Å². The Balaban J connectivity index is 1.96. The van der Waals surface area contributed by atoms with Gasteiger partial charge in [0.15, 0.2) is 0 Å². The number of aliphatic hydroxyl groups is 1. The fraction of sp³-hybridized carbons (Fsp3) is 0.625. The van der Waals surface area contributed by atoms with Gasteiger partial charge in [-0.05, 0) is 39.2 Å². The summed E-state index contributed by atoms with van der Waals surface area (Å²) in [7, 11) is 0. The van der Waals surface area contributed by atoms with Gasteiger partial charge in [-0.25, -0.2) is 0 Å². The molecule has 1 aliphatic rings. The van der Waals surface area contributed by atoms with Crippen molar-refractivity contribution in [3.63, 3.8) is 0 Å². The number of ether oxygens (including phenoxy) is 2. The lowest BCUT2D eigenvalue weighted by Gasteiger charge is -2.20. The molecule has 3 nitrogen and oxygen atoms in total. The molecule has 0 saturated carbocycles. The molecule has 1 saturated heterocycles. The van der Waals surface area contributed by atoms with E-state index in [0.29, 0.717) is 13.0 Å². The summed E-state index contributed by atoms with van der Waals surface area (Å²) in [5, 5.41) is 9.97. The average Bonchev–Trinajstić information content (AvgIpc) is 2.75. The Hall–Kier alpha value is -1.06. The van der Waals surface area contributed by atoms with Crippen LogP contribution in [0.25, 0.3) is 0 Å². The number of benzene rings is 1. The Bertz CT molecular complexity index is 414. The SMILES string of the molecule is CC[C@@H](O)c1ccccc1OCC1CCC(C)(C)O1. The van der Waals surface area contributed by atoms with Gasteiger partial charge in [0.25, 0.3) is 0 Å². The third kappa shape index (κ3) is 3.71. The Labute approximate surface area is 115 Å². The van der Waals surface area contributed by atoms with Gasteiger partial charge in [-0.3, -0.25) is 0 Å². The van der Waals surface area contributed by atoms with E-state index >= 15 is 0 Å². The van der Waals surface area contributed by atoms with Crippen LogP contribution in [0.2, 0.25) is 0 Å². The van der Waals surface area contributed by atoms with Gasteiger partial charge in [-0.1, -0.05) is 25.1 Å². The van der Waals surface area contributed by atoms with E-state index in [1.54, 1.807) is 0 Å². The highest BCUT2D eigenvalue weighted by molar-refractivity contribution is 5.35. The predicted molar refractivity (Wildman–Crippen MR) is 75.4 cm³/mol. The third-order valence-corrected chi connectivity index (χ3v) is 3.64. The van der Waals surface area contributed by atoms with E-state index in [-0.39, 0.29) is 11.7 Å². The topological polar surface area (TPSA) is 38.7 Å². The highest BCUT2D eigenvalue weighted by Gasteiger charge is 2.32. The van der Waals surface area contributed by atoms with Crippen LogP contribution in [0.15, 0.2) is 24.3 Å². The van der Waals surface area contributed by atoms with Crippen LogP contribution in [0.4, 0.5) is 0 Å². The number of aliphatic hydroxyl groups excluding tert-OH is 1. The lowest BCUT2D eigenvalue weighted by Crippen LogP contribution is -2.24. The van der Waals surface area contributed by atoms with Crippen LogP contribution in [0.5, 0.6) is 5.75 Å². The molecule has 1 aliphatic heterocycles. The van der Waals surface area contributed by atoms with Crippen LogP contribution in [-0.2, 0) is 4.74 Å². The second kappa shape index (κ2) is 5.93. The number of hydrogen-bond acceptors (Lipinski definition) is 3. The molecule has 19 heavy (non-hydrogen) atoms. The van der Waals surface area contributed by atoms with Gasteiger partial charge in [0.2, 0.25) is 0 Å². The Morgan fingerprint density at radius 3 is 2.79 bits per heavy atom. The first-order chi connectivity index (χ1) is 9.02. The molecule has 2 rings (SSSR count). The molecule has 106 valence electrons. The molecule has 1 unspecified atom stereocenters. The van der Waals surface area contributed by atoms with Crippen LogP contribution < -0.4 is 4.74 Å². The molecule has 3 heteroatoms. The summed E-state index contributed by atoms with van der Waals surface area (Å²) >= 11 is 0. The minimum atomic E-state index is -0.461. The largest absolute Gasteiger partial charge is 0.490 e. The second-order valence-corrected chi connectivity index (χ2v) is 5.81. The average molecular weight is 264 g/mol. The molecular formula is C16H24O3. The Kier molecular flexibility index (Phi) is 4.48. The molecule has 0 aromatic heterocycles. The molecule has 0 bridgehead atoms. The second-order valence-electron chi connectivity index (χ2n) is 5.81. The summed E-state index contributed by atoms with van der Waals surface area (Å²) in [4.78, 5) is 0. The van der Waals surface area contributed by atoms with Crippen LogP contribution >= 0.6 is 0 Å². The summed E-state index contributed by atoms with van der Waals surface area (Å²) in [5.41, 5.74) is 0.832. The fourth-order valence-corrected chi connectivity index (χ4v) is 2.48. The summed E-state index contributed by atoms with van der Waals surface area (Å²) in [6.45, 7) is 6.74. The maximum Gasteiger partial charge on any atom is 0.125 e. The van der Waals surface area contributed by atoms with Gasteiger partial charge in [-0.2, -0.15) is 0 Å². The quantitative estimate of drug-likeness (QED) is 0.885. The number of rotatable bonds is 5. The smallest absolute Gasteiger partial charge is 0.125 e. The zero-order chi connectivity index (χ0) is 13.9. The van der Waals surface area contributed by atoms with E-state index in [1.807, 2.05) is 31.2 Å². The summed E-state index contributed by atoms with van der Waals surface area (Å²) in [6, 6.07) is 7.69. The van der Waals surface area contributed by atoms with Gasteiger partial charge in [0, 0.05) is 5.56 Å². The first-order valence-corrected chi connectivity index (χ1v) is 7.09. The van der Waals surface area contributed by atoms with E-state index < -0.39 is 6.10 Å². The van der Waals surface area contributed by atoms with E-state index in [1.165, 1.54) is 0 Å². The Morgan fingerprint density at radius 2 is 2.16 bits per heavy atom. The molecule has 0 amide bonds. The molecule has 1 aromatic carbocycles. The molecule has 1 N–H and O–H groups in total. The first-order valence-electron chi connectivity index (χ1n) is 7.09. The number of para-hydroxylation sites is 1. The highest BCUT2D eigenvalue weighted by atomic mass is 16.6. The van der Waals surface area contributed by atoms with Gasteiger partial charge >= 0.3 is 0 Å². The Morgan fingerprint density at radius 1 is 1.42 bits per heavy atom. The first kappa shape index (κ1) is 14.4. The zero-order valence-corrected chi connectivity index (χ0v) is 12.1. The molecule has 1 heterocycles. The van der Waals surface area contributed by atoms with E-state index in [9.17, 15) is 5.11 Å².